The quantitative estimate of drug-likeness (QED) is 0.863. The lowest BCUT2D eigenvalue weighted by atomic mass is 10.2. The van der Waals surface area contributed by atoms with Crippen molar-refractivity contribution in [2.45, 2.75) is 6.92 Å². The first-order valence-corrected chi connectivity index (χ1v) is 7.20. The first-order chi connectivity index (χ1) is 10.3. The van der Waals surface area contributed by atoms with Crippen molar-refractivity contribution in [3.63, 3.8) is 0 Å². The maximum Gasteiger partial charge on any atom is 0.142 e. The van der Waals surface area contributed by atoms with Gasteiger partial charge < -0.3 is 14.5 Å². The number of hydrogen-bond donors (Lipinski definition) is 0. The van der Waals surface area contributed by atoms with Gasteiger partial charge in [-0.1, -0.05) is 12.1 Å². The van der Waals surface area contributed by atoms with Crippen molar-refractivity contribution in [1.29, 1.82) is 0 Å². The molecule has 1 fully saturated rings. The molecule has 110 valence electrons. The predicted molar refractivity (Wildman–Crippen MR) is 84.2 cm³/mol. The Morgan fingerprint density at radius 1 is 1.00 bits per heavy atom. The van der Waals surface area contributed by atoms with Crippen molar-refractivity contribution < 1.29 is 4.74 Å². The third-order valence-corrected chi connectivity index (χ3v) is 3.79. The number of hydrogen-bond acceptors (Lipinski definition) is 5. The minimum absolute atomic E-state index is 0.819. The standard InChI is InChI=1S/C16H20N4O/c1-13-17-8-7-16(18-13)20-11-9-19(10-12-20)14-5-3-4-6-15(14)21-2/h3-8H,9-12H2,1-2H3. The van der Waals surface area contributed by atoms with Gasteiger partial charge in [-0.25, -0.2) is 9.97 Å². The lowest BCUT2D eigenvalue weighted by molar-refractivity contribution is 0.413. The van der Waals surface area contributed by atoms with Gasteiger partial charge in [-0.15, -0.1) is 0 Å². The molecule has 0 N–H and O–H groups in total. The Morgan fingerprint density at radius 2 is 1.71 bits per heavy atom. The molecule has 2 heterocycles. The van der Waals surface area contributed by atoms with Crippen LogP contribution in [0.4, 0.5) is 11.5 Å². The summed E-state index contributed by atoms with van der Waals surface area (Å²) in [6, 6.07) is 10.2. The van der Waals surface area contributed by atoms with E-state index >= 15 is 0 Å². The van der Waals surface area contributed by atoms with E-state index in [-0.39, 0.29) is 0 Å². The van der Waals surface area contributed by atoms with Crippen LogP contribution in [0.5, 0.6) is 5.75 Å². The first kappa shape index (κ1) is 13.7. The molecule has 21 heavy (non-hydrogen) atoms. The Hall–Kier alpha value is -2.30. The number of benzene rings is 1. The van der Waals surface area contributed by atoms with Gasteiger partial charge in [0.1, 0.15) is 17.4 Å². The van der Waals surface area contributed by atoms with Crippen LogP contribution in [-0.4, -0.2) is 43.3 Å². The molecule has 0 radical (unpaired) electrons. The summed E-state index contributed by atoms with van der Waals surface area (Å²) in [4.78, 5) is 13.3. The summed E-state index contributed by atoms with van der Waals surface area (Å²) in [7, 11) is 1.72. The number of nitrogens with zero attached hydrogens (tertiary/aromatic N) is 4. The van der Waals surface area contributed by atoms with Crippen molar-refractivity contribution in [2.24, 2.45) is 0 Å². The molecular formula is C16H20N4O. The van der Waals surface area contributed by atoms with E-state index in [1.54, 1.807) is 7.11 Å². The molecule has 5 heteroatoms. The average molecular weight is 284 g/mol. The predicted octanol–water partition coefficient (Wildman–Crippen LogP) is 2.12. The van der Waals surface area contributed by atoms with Crippen molar-refractivity contribution in [3.8, 4) is 5.75 Å². The summed E-state index contributed by atoms with van der Waals surface area (Å²) in [5, 5.41) is 0. The molecule has 0 saturated carbocycles. The highest BCUT2D eigenvalue weighted by atomic mass is 16.5. The maximum absolute atomic E-state index is 5.45. The van der Waals surface area contributed by atoms with E-state index in [1.165, 1.54) is 5.69 Å². The van der Waals surface area contributed by atoms with Crippen LogP contribution in [-0.2, 0) is 0 Å². The van der Waals surface area contributed by atoms with E-state index in [2.05, 4.69) is 31.9 Å². The van der Waals surface area contributed by atoms with Gasteiger partial charge in [-0.2, -0.15) is 0 Å². The van der Waals surface area contributed by atoms with Crippen molar-refractivity contribution >= 4 is 11.5 Å². The molecule has 0 spiro atoms. The number of aryl methyl sites for hydroxylation is 1. The normalized spacial score (nSPS) is 15.1. The van der Waals surface area contributed by atoms with Gasteiger partial charge in [-0.3, -0.25) is 0 Å². The highest BCUT2D eigenvalue weighted by Gasteiger charge is 2.20. The molecule has 1 aliphatic heterocycles. The number of ether oxygens (including phenoxy) is 1. The van der Waals surface area contributed by atoms with E-state index < -0.39 is 0 Å². The monoisotopic (exact) mass is 284 g/mol. The molecule has 0 atom stereocenters. The smallest absolute Gasteiger partial charge is 0.142 e. The summed E-state index contributed by atoms with van der Waals surface area (Å²) >= 11 is 0. The van der Waals surface area contributed by atoms with Crippen molar-refractivity contribution in [3.05, 3.63) is 42.4 Å². The van der Waals surface area contributed by atoms with E-state index in [4.69, 9.17) is 4.74 Å². The van der Waals surface area contributed by atoms with Crippen LogP contribution in [0.15, 0.2) is 36.5 Å². The zero-order valence-corrected chi connectivity index (χ0v) is 12.5. The molecule has 1 aromatic heterocycles. The lowest BCUT2D eigenvalue weighted by Crippen LogP contribution is -2.47. The van der Waals surface area contributed by atoms with Gasteiger partial charge >= 0.3 is 0 Å². The summed E-state index contributed by atoms with van der Waals surface area (Å²) in [6.45, 7) is 5.75. The Kier molecular flexibility index (Phi) is 3.90. The van der Waals surface area contributed by atoms with Crippen LogP contribution < -0.4 is 14.5 Å². The van der Waals surface area contributed by atoms with Crippen molar-refractivity contribution in [1.82, 2.24) is 9.97 Å². The second-order valence-electron chi connectivity index (χ2n) is 5.11. The molecular weight excluding hydrogens is 264 g/mol. The number of piperazine rings is 1. The zero-order chi connectivity index (χ0) is 14.7. The second-order valence-corrected chi connectivity index (χ2v) is 5.11. The number of para-hydroxylation sites is 2. The van der Waals surface area contributed by atoms with Crippen LogP contribution >= 0.6 is 0 Å². The summed E-state index contributed by atoms with van der Waals surface area (Å²) < 4.78 is 5.45. The van der Waals surface area contributed by atoms with Crippen molar-refractivity contribution in [2.75, 3.05) is 43.1 Å². The summed E-state index contributed by atoms with van der Waals surface area (Å²) in [5.74, 6) is 2.77. The van der Waals surface area contributed by atoms with Gasteiger partial charge in [0.05, 0.1) is 12.8 Å². The summed E-state index contributed by atoms with van der Waals surface area (Å²) in [6.07, 6.45) is 1.82. The Bertz CT molecular complexity index is 609. The molecule has 0 unspecified atom stereocenters. The van der Waals surface area contributed by atoms with Gasteiger partial charge in [-0.05, 0) is 25.1 Å². The first-order valence-electron chi connectivity index (χ1n) is 7.20. The van der Waals surface area contributed by atoms with Crippen LogP contribution in [0.1, 0.15) is 5.82 Å². The molecule has 0 bridgehead atoms. The van der Waals surface area contributed by atoms with Crippen LogP contribution in [0.3, 0.4) is 0 Å². The molecule has 1 aromatic carbocycles. The molecule has 1 aliphatic rings. The topological polar surface area (TPSA) is 41.5 Å². The number of rotatable bonds is 3. The van der Waals surface area contributed by atoms with Gasteiger partial charge in [0.15, 0.2) is 0 Å². The SMILES string of the molecule is COc1ccccc1N1CCN(c2ccnc(C)n2)CC1. The van der Waals surface area contributed by atoms with Gasteiger partial charge in [0.25, 0.3) is 0 Å². The Balaban J connectivity index is 1.70. The molecule has 2 aromatic rings. The zero-order valence-electron chi connectivity index (χ0n) is 12.5. The Morgan fingerprint density at radius 3 is 2.43 bits per heavy atom. The fraction of sp³-hybridized carbons (Fsp3) is 0.375. The van der Waals surface area contributed by atoms with E-state index in [0.29, 0.717) is 0 Å². The van der Waals surface area contributed by atoms with Gasteiger partial charge in [0, 0.05) is 32.4 Å². The highest BCUT2D eigenvalue weighted by molar-refractivity contribution is 5.59. The van der Waals surface area contributed by atoms with Crippen LogP contribution in [0.25, 0.3) is 0 Å². The fourth-order valence-electron chi connectivity index (χ4n) is 2.69. The highest BCUT2D eigenvalue weighted by Crippen LogP contribution is 2.28. The molecule has 0 amide bonds. The minimum Gasteiger partial charge on any atom is -0.495 e. The van der Waals surface area contributed by atoms with E-state index in [9.17, 15) is 0 Å². The van der Waals surface area contributed by atoms with E-state index in [1.807, 2.05) is 31.3 Å². The maximum atomic E-state index is 5.45. The van der Waals surface area contributed by atoms with Crippen LogP contribution in [0, 0.1) is 6.92 Å². The third kappa shape index (κ3) is 2.91. The van der Waals surface area contributed by atoms with E-state index in [0.717, 1.165) is 43.6 Å². The number of anilines is 2. The number of aromatic nitrogens is 2. The largest absolute Gasteiger partial charge is 0.495 e. The fourth-order valence-corrected chi connectivity index (χ4v) is 2.69. The molecule has 1 saturated heterocycles. The third-order valence-electron chi connectivity index (χ3n) is 3.79. The molecule has 0 aliphatic carbocycles. The average Bonchev–Trinajstić information content (AvgIpc) is 2.55. The van der Waals surface area contributed by atoms with Crippen LogP contribution in [0.2, 0.25) is 0 Å². The Labute approximate surface area is 125 Å². The lowest BCUT2D eigenvalue weighted by Gasteiger charge is -2.37. The minimum atomic E-state index is 0.819. The van der Waals surface area contributed by atoms with Gasteiger partial charge in [0.2, 0.25) is 0 Å². The number of methoxy groups -OCH3 is 1. The second kappa shape index (κ2) is 5.99. The molecule has 5 nitrogen and oxygen atoms in total. The molecule has 3 rings (SSSR count). The summed E-state index contributed by atoms with van der Waals surface area (Å²) in [5.41, 5.74) is 1.17.